The van der Waals surface area contributed by atoms with Gasteiger partial charge in [-0.25, -0.2) is 0 Å². The van der Waals surface area contributed by atoms with Crippen LogP contribution in [-0.4, -0.2) is 26.3 Å². The first-order valence-electron chi connectivity index (χ1n) is 2.00. The Balaban J connectivity index is 3.37. The minimum absolute atomic E-state index is 0.0214. The van der Waals surface area contributed by atoms with Crippen molar-refractivity contribution in [1.82, 2.24) is 0 Å². The zero-order valence-corrected chi connectivity index (χ0v) is 4.84. The molecule has 46 valence electrons. The van der Waals surface area contributed by atoms with Gasteiger partial charge in [-0.15, -0.1) is 0 Å². The summed E-state index contributed by atoms with van der Waals surface area (Å²) in [7, 11) is 2.80. The molecule has 0 amide bonds. The van der Waals surface area contributed by atoms with Gasteiger partial charge in [0.05, 0.1) is 7.11 Å². The molecule has 0 bridgehead atoms. The summed E-state index contributed by atoms with van der Waals surface area (Å²) < 4.78 is 4.41. The molecule has 1 N–H and O–H groups in total. The molecular formula is C4H8N2O2. The summed E-state index contributed by atoms with van der Waals surface area (Å²) >= 11 is 0. The van der Waals surface area contributed by atoms with Gasteiger partial charge in [0, 0.05) is 0 Å². The van der Waals surface area contributed by atoms with Crippen LogP contribution in [0.1, 0.15) is 0 Å². The molecule has 0 radical (unpaired) electrons. The van der Waals surface area contributed by atoms with Crippen LogP contribution in [0.2, 0.25) is 0 Å². The van der Waals surface area contributed by atoms with Gasteiger partial charge in [0.2, 0.25) is 5.90 Å². The molecule has 8 heavy (non-hydrogen) atoms. The van der Waals surface area contributed by atoms with Crippen molar-refractivity contribution in [2.45, 2.75) is 0 Å². The van der Waals surface area contributed by atoms with E-state index in [1.807, 2.05) is 0 Å². The lowest BCUT2D eigenvalue weighted by atomic mass is 10.7. The summed E-state index contributed by atoms with van der Waals surface area (Å²) in [4.78, 5) is 4.26. The lowest BCUT2D eigenvalue weighted by Gasteiger charge is -1.89. The average Bonchev–Trinajstić information content (AvgIpc) is 1.83. The van der Waals surface area contributed by atoms with E-state index in [1.54, 1.807) is 0 Å². The number of nitrogens with one attached hydrogen (secondary N) is 1. The molecule has 4 heteroatoms. The van der Waals surface area contributed by atoms with Crippen molar-refractivity contribution in [1.29, 1.82) is 5.41 Å². The predicted octanol–water partition coefficient (Wildman–Crippen LogP) is 0.242. The Hall–Kier alpha value is -1.06. The molecule has 0 spiro atoms. The van der Waals surface area contributed by atoms with Gasteiger partial charge in [0.15, 0.2) is 0 Å². The number of oxime groups is 1. The van der Waals surface area contributed by atoms with E-state index in [0.29, 0.717) is 0 Å². The van der Waals surface area contributed by atoms with E-state index in [-0.39, 0.29) is 5.90 Å². The van der Waals surface area contributed by atoms with Crippen molar-refractivity contribution in [2.75, 3.05) is 14.2 Å². The summed E-state index contributed by atoms with van der Waals surface area (Å²) in [5, 5.41) is 10.1. The maximum absolute atomic E-state index is 6.79. The number of rotatable bonds is 2. The molecule has 0 aliphatic heterocycles. The van der Waals surface area contributed by atoms with E-state index in [0.717, 1.165) is 0 Å². The first-order chi connectivity index (χ1) is 3.81. The topological polar surface area (TPSA) is 54.7 Å². The average molecular weight is 116 g/mol. The molecule has 0 unspecified atom stereocenters. The number of methoxy groups -OCH3 is 1. The van der Waals surface area contributed by atoms with Crippen LogP contribution in [-0.2, 0) is 9.57 Å². The summed E-state index contributed by atoms with van der Waals surface area (Å²) in [6, 6.07) is 0. The fraction of sp³-hybridized carbons (Fsp3) is 0.500. The zero-order valence-electron chi connectivity index (χ0n) is 4.84. The number of hydrogen-bond acceptors (Lipinski definition) is 4. The predicted molar refractivity (Wildman–Crippen MR) is 30.2 cm³/mol. The Labute approximate surface area is 47.6 Å². The third kappa shape index (κ3) is 3.14. The van der Waals surface area contributed by atoms with Gasteiger partial charge in [0.25, 0.3) is 0 Å². The fourth-order valence-electron chi connectivity index (χ4n) is 0.153. The summed E-state index contributed by atoms with van der Waals surface area (Å²) in [5.41, 5.74) is 0. The molecular weight excluding hydrogens is 108 g/mol. The highest BCUT2D eigenvalue weighted by Crippen LogP contribution is 1.68. The van der Waals surface area contributed by atoms with Crippen LogP contribution in [0.5, 0.6) is 0 Å². The van der Waals surface area contributed by atoms with Gasteiger partial charge in [-0.3, -0.25) is 5.41 Å². The second-order valence-electron chi connectivity index (χ2n) is 0.985. The molecule has 0 aromatic rings. The Morgan fingerprint density at radius 3 is 2.62 bits per heavy atom. The summed E-state index contributed by atoms with van der Waals surface area (Å²) in [6.45, 7) is 0. The molecule has 0 aromatic carbocycles. The van der Waals surface area contributed by atoms with E-state index < -0.39 is 0 Å². The molecule has 0 rings (SSSR count). The Kier molecular flexibility index (Phi) is 3.56. The maximum atomic E-state index is 6.79. The minimum atomic E-state index is -0.0214. The Morgan fingerprint density at radius 1 is 1.62 bits per heavy atom. The van der Waals surface area contributed by atoms with Crippen molar-refractivity contribution in [3.63, 3.8) is 0 Å². The highest BCUT2D eigenvalue weighted by Gasteiger charge is 1.82. The lowest BCUT2D eigenvalue weighted by Crippen LogP contribution is -1.99. The normalized spacial score (nSPS) is 9.25. The van der Waals surface area contributed by atoms with Crippen LogP contribution < -0.4 is 0 Å². The molecule has 0 atom stereocenters. The molecule has 0 aliphatic rings. The molecule has 0 aliphatic carbocycles. The minimum Gasteiger partial charge on any atom is -0.480 e. The van der Waals surface area contributed by atoms with E-state index in [1.165, 1.54) is 20.4 Å². The third-order valence-corrected chi connectivity index (χ3v) is 0.495. The molecule has 0 heterocycles. The van der Waals surface area contributed by atoms with Gasteiger partial charge in [-0.2, -0.15) is 0 Å². The lowest BCUT2D eigenvalue weighted by molar-refractivity contribution is 0.215. The van der Waals surface area contributed by atoms with Gasteiger partial charge in [0.1, 0.15) is 13.3 Å². The van der Waals surface area contributed by atoms with Crippen LogP contribution in [0.25, 0.3) is 0 Å². The number of hydrogen-bond donors (Lipinski definition) is 1. The van der Waals surface area contributed by atoms with E-state index in [9.17, 15) is 0 Å². The molecule has 0 saturated carbocycles. The van der Waals surface area contributed by atoms with Crippen molar-refractivity contribution in [2.24, 2.45) is 5.16 Å². The monoisotopic (exact) mass is 116 g/mol. The van der Waals surface area contributed by atoms with Gasteiger partial charge in [-0.05, 0) is 0 Å². The van der Waals surface area contributed by atoms with Crippen LogP contribution in [0.15, 0.2) is 5.16 Å². The van der Waals surface area contributed by atoms with Gasteiger partial charge in [-0.1, -0.05) is 5.16 Å². The first kappa shape index (κ1) is 6.94. The Bertz CT molecular complexity index is 100. The van der Waals surface area contributed by atoms with Crippen molar-refractivity contribution in [3.8, 4) is 0 Å². The molecule has 0 saturated heterocycles. The third-order valence-electron chi connectivity index (χ3n) is 0.495. The second-order valence-corrected chi connectivity index (χ2v) is 0.985. The zero-order chi connectivity index (χ0) is 6.41. The quantitative estimate of drug-likeness (QED) is 0.319. The van der Waals surface area contributed by atoms with Crippen molar-refractivity contribution in [3.05, 3.63) is 0 Å². The second kappa shape index (κ2) is 4.11. The van der Waals surface area contributed by atoms with Gasteiger partial charge >= 0.3 is 0 Å². The fourth-order valence-corrected chi connectivity index (χ4v) is 0.153. The van der Waals surface area contributed by atoms with Crippen LogP contribution in [0.4, 0.5) is 0 Å². The SMILES string of the molecule is CO/N=C\C(=N)OC. The highest BCUT2D eigenvalue weighted by atomic mass is 16.6. The van der Waals surface area contributed by atoms with Crippen molar-refractivity contribution >= 4 is 12.1 Å². The molecule has 0 aromatic heterocycles. The van der Waals surface area contributed by atoms with Crippen molar-refractivity contribution < 1.29 is 9.57 Å². The van der Waals surface area contributed by atoms with Crippen LogP contribution in [0, 0.1) is 5.41 Å². The molecule has 0 fully saturated rings. The summed E-state index contributed by atoms with van der Waals surface area (Å²) in [6.07, 6.45) is 1.17. The van der Waals surface area contributed by atoms with E-state index in [2.05, 4.69) is 14.7 Å². The highest BCUT2D eigenvalue weighted by molar-refractivity contribution is 6.24. The van der Waals surface area contributed by atoms with E-state index >= 15 is 0 Å². The van der Waals surface area contributed by atoms with Gasteiger partial charge < -0.3 is 9.57 Å². The first-order valence-corrected chi connectivity index (χ1v) is 2.00. The number of ether oxygens (including phenoxy) is 1. The smallest absolute Gasteiger partial charge is 0.227 e. The molecule has 4 nitrogen and oxygen atoms in total. The standard InChI is InChI=1S/C4H8N2O2/c1-7-4(5)3-6-8-2/h3,5H,1-2H3/b5-4?,6-3-. The van der Waals surface area contributed by atoms with Crippen LogP contribution in [0.3, 0.4) is 0 Å². The largest absolute Gasteiger partial charge is 0.480 e. The van der Waals surface area contributed by atoms with Crippen LogP contribution >= 0.6 is 0 Å². The number of nitrogens with zero attached hydrogens (tertiary/aromatic N) is 1. The Morgan fingerprint density at radius 2 is 2.25 bits per heavy atom. The van der Waals surface area contributed by atoms with E-state index in [4.69, 9.17) is 5.41 Å². The maximum Gasteiger partial charge on any atom is 0.227 e. The summed E-state index contributed by atoms with van der Waals surface area (Å²) in [5.74, 6) is -0.0214.